The van der Waals surface area contributed by atoms with E-state index in [0.29, 0.717) is 0 Å². The lowest BCUT2D eigenvalue weighted by molar-refractivity contribution is -0.991. The minimum atomic E-state index is -3.73. The van der Waals surface area contributed by atoms with Gasteiger partial charge in [0.15, 0.2) is 5.69 Å². The van der Waals surface area contributed by atoms with E-state index in [-0.39, 0.29) is 10.6 Å². The Kier molecular flexibility index (Phi) is 3.19. The van der Waals surface area contributed by atoms with Crippen molar-refractivity contribution in [2.24, 2.45) is 0 Å². The standard InChI is InChI=1S/C7H9NO5S/c1-13-14(11,12)7-4-2-6(3-5-7)8(9)10/h2-5,8-9H,1H3. The average Bonchev–Trinajstić information content (AvgIpc) is 2.18. The van der Waals surface area contributed by atoms with E-state index in [1.165, 1.54) is 24.3 Å². The maximum atomic E-state index is 11.1. The molecule has 1 aromatic carbocycles. The minimum Gasteiger partial charge on any atom is -0.595 e. The highest BCUT2D eigenvalue weighted by Crippen LogP contribution is 2.12. The highest BCUT2D eigenvalue weighted by molar-refractivity contribution is 7.86. The van der Waals surface area contributed by atoms with E-state index in [9.17, 15) is 13.6 Å². The summed E-state index contributed by atoms with van der Waals surface area (Å²) in [6, 6.07) is 4.77. The van der Waals surface area contributed by atoms with Gasteiger partial charge in [-0.2, -0.15) is 13.6 Å². The van der Waals surface area contributed by atoms with Crippen LogP contribution in [0.5, 0.6) is 0 Å². The zero-order chi connectivity index (χ0) is 10.8. The molecule has 0 amide bonds. The first kappa shape index (κ1) is 11.1. The molecule has 0 heterocycles. The van der Waals surface area contributed by atoms with E-state index in [2.05, 4.69) is 4.18 Å². The first-order chi connectivity index (χ1) is 6.47. The van der Waals surface area contributed by atoms with Crippen LogP contribution in [0.1, 0.15) is 0 Å². The Morgan fingerprint density at radius 2 is 1.86 bits per heavy atom. The van der Waals surface area contributed by atoms with Gasteiger partial charge in [0.05, 0.1) is 12.0 Å². The molecule has 7 heteroatoms. The summed E-state index contributed by atoms with van der Waals surface area (Å²) in [6.45, 7) is 0. The molecular weight excluding hydrogens is 210 g/mol. The number of rotatable bonds is 3. The van der Waals surface area contributed by atoms with Crippen molar-refractivity contribution in [1.82, 2.24) is 0 Å². The predicted molar refractivity (Wildman–Crippen MR) is 46.4 cm³/mol. The van der Waals surface area contributed by atoms with Crippen LogP contribution in [0.15, 0.2) is 29.2 Å². The van der Waals surface area contributed by atoms with Crippen LogP contribution in [-0.4, -0.2) is 20.7 Å². The van der Waals surface area contributed by atoms with Crippen LogP contribution < -0.4 is 5.23 Å². The van der Waals surface area contributed by atoms with Gasteiger partial charge >= 0.3 is 0 Å². The summed E-state index contributed by atoms with van der Waals surface area (Å²) in [5.74, 6) is 0. The van der Waals surface area contributed by atoms with Gasteiger partial charge in [-0.05, 0) is 12.1 Å². The van der Waals surface area contributed by atoms with Crippen LogP contribution in [-0.2, 0) is 14.3 Å². The lowest BCUT2D eigenvalue weighted by Gasteiger charge is -2.11. The number of hydrogen-bond donors (Lipinski definition) is 2. The summed E-state index contributed by atoms with van der Waals surface area (Å²) in [5, 5.41) is 17.9. The third-order valence-electron chi connectivity index (χ3n) is 1.61. The maximum absolute atomic E-state index is 11.1. The second-order valence-corrected chi connectivity index (χ2v) is 4.16. The Hall–Kier alpha value is -0.990. The normalized spacial score (nSPS) is 13.9. The van der Waals surface area contributed by atoms with E-state index in [1.807, 2.05) is 0 Å². The molecular formula is C7H9NO5S. The van der Waals surface area contributed by atoms with Gasteiger partial charge in [-0.1, -0.05) is 0 Å². The van der Waals surface area contributed by atoms with E-state index in [0.717, 1.165) is 7.11 Å². The molecule has 0 saturated heterocycles. The molecule has 0 aromatic heterocycles. The highest BCUT2D eigenvalue weighted by Gasteiger charge is 2.13. The van der Waals surface area contributed by atoms with Crippen LogP contribution in [0.2, 0.25) is 0 Å². The Morgan fingerprint density at radius 3 is 2.21 bits per heavy atom. The fraction of sp³-hybridized carbons (Fsp3) is 0.143. The van der Waals surface area contributed by atoms with Crippen molar-refractivity contribution < 1.29 is 23.0 Å². The molecule has 6 nitrogen and oxygen atoms in total. The third-order valence-corrected chi connectivity index (χ3v) is 2.90. The van der Waals surface area contributed by atoms with Crippen molar-refractivity contribution in [3.8, 4) is 0 Å². The molecule has 1 atom stereocenters. The van der Waals surface area contributed by atoms with Gasteiger partial charge in [-0.25, -0.2) is 5.21 Å². The largest absolute Gasteiger partial charge is 0.595 e. The average molecular weight is 219 g/mol. The predicted octanol–water partition coefficient (Wildman–Crippen LogP) is -0.575. The molecule has 0 aliphatic heterocycles. The summed E-state index contributed by atoms with van der Waals surface area (Å²) in [6.07, 6.45) is 0. The molecule has 1 unspecified atom stereocenters. The quantitative estimate of drug-likeness (QED) is 0.524. The van der Waals surface area contributed by atoms with Gasteiger partial charge in [-0.3, -0.25) is 4.18 Å². The molecule has 1 aromatic rings. The minimum absolute atomic E-state index is 0.0278. The third kappa shape index (κ3) is 2.28. The van der Waals surface area contributed by atoms with Crippen LogP contribution in [0.4, 0.5) is 5.69 Å². The Balaban J connectivity index is 3.06. The Labute approximate surface area is 81.0 Å². The lowest BCUT2D eigenvalue weighted by Crippen LogP contribution is -2.99. The fourth-order valence-electron chi connectivity index (χ4n) is 0.860. The Morgan fingerprint density at radius 1 is 1.36 bits per heavy atom. The van der Waals surface area contributed by atoms with E-state index in [1.54, 1.807) is 0 Å². The zero-order valence-electron chi connectivity index (χ0n) is 7.30. The van der Waals surface area contributed by atoms with Crippen LogP contribution >= 0.6 is 0 Å². The molecule has 0 fully saturated rings. The van der Waals surface area contributed by atoms with Crippen LogP contribution in [0.25, 0.3) is 0 Å². The van der Waals surface area contributed by atoms with E-state index >= 15 is 0 Å². The fourth-order valence-corrected chi connectivity index (χ4v) is 1.52. The van der Waals surface area contributed by atoms with Crippen molar-refractivity contribution in [3.63, 3.8) is 0 Å². The summed E-state index contributed by atoms with van der Waals surface area (Å²) < 4.78 is 26.5. The van der Waals surface area contributed by atoms with Crippen molar-refractivity contribution in [3.05, 3.63) is 29.5 Å². The first-order valence-electron chi connectivity index (χ1n) is 3.61. The van der Waals surface area contributed by atoms with Crippen molar-refractivity contribution in [1.29, 1.82) is 0 Å². The maximum Gasteiger partial charge on any atom is 0.296 e. The van der Waals surface area contributed by atoms with Crippen LogP contribution in [0.3, 0.4) is 0 Å². The second-order valence-electron chi connectivity index (χ2n) is 2.45. The zero-order valence-corrected chi connectivity index (χ0v) is 8.11. The van der Waals surface area contributed by atoms with Crippen LogP contribution in [0, 0.1) is 5.21 Å². The van der Waals surface area contributed by atoms with Gasteiger partial charge in [0.2, 0.25) is 0 Å². The summed E-state index contributed by atoms with van der Waals surface area (Å²) in [5.41, 5.74) is 0.0278. The molecule has 0 spiro atoms. The van der Waals surface area contributed by atoms with Crippen molar-refractivity contribution >= 4 is 15.8 Å². The number of nitrogens with one attached hydrogen (secondary N) is 1. The summed E-state index contributed by atoms with van der Waals surface area (Å²) in [4.78, 5) is -0.0648. The number of hydrogen-bond acceptors (Lipinski definition) is 5. The van der Waals surface area contributed by atoms with Gasteiger partial charge in [0.1, 0.15) is 0 Å². The molecule has 0 saturated carbocycles. The highest BCUT2D eigenvalue weighted by atomic mass is 32.2. The first-order valence-corrected chi connectivity index (χ1v) is 5.02. The Bertz CT molecular complexity index is 397. The molecule has 78 valence electrons. The molecule has 2 N–H and O–H groups in total. The van der Waals surface area contributed by atoms with E-state index in [4.69, 9.17) is 5.21 Å². The smallest absolute Gasteiger partial charge is 0.296 e. The lowest BCUT2D eigenvalue weighted by atomic mass is 10.3. The van der Waals surface area contributed by atoms with Gasteiger partial charge in [-0.15, -0.1) is 0 Å². The number of quaternary nitrogens is 1. The van der Waals surface area contributed by atoms with Gasteiger partial charge in [0.25, 0.3) is 10.1 Å². The summed E-state index contributed by atoms with van der Waals surface area (Å²) >= 11 is 0. The molecule has 14 heavy (non-hydrogen) atoms. The van der Waals surface area contributed by atoms with E-state index < -0.39 is 15.3 Å². The molecule has 0 radical (unpaired) electrons. The van der Waals surface area contributed by atoms with Crippen molar-refractivity contribution in [2.75, 3.05) is 7.11 Å². The second kappa shape index (κ2) is 4.03. The van der Waals surface area contributed by atoms with Gasteiger partial charge in [0, 0.05) is 12.1 Å². The molecule has 0 aliphatic carbocycles. The summed E-state index contributed by atoms with van der Waals surface area (Å²) in [7, 11) is -2.69. The molecule has 0 aliphatic rings. The number of benzene rings is 1. The SMILES string of the molecule is COS(=O)(=O)c1ccc([NH+]([O-])O)cc1. The van der Waals surface area contributed by atoms with Gasteiger partial charge < -0.3 is 5.21 Å². The van der Waals surface area contributed by atoms with Crippen molar-refractivity contribution in [2.45, 2.75) is 4.90 Å². The topological polar surface area (TPSA) is 91.1 Å². The molecule has 0 bridgehead atoms. The molecule has 1 rings (SSSR count). The monoisotopic (exact) mass is 219 g/mol.